The molecule has 0 spiro atoms. The Bertz CT molecular complexity index is 1200. The van der Waals surface area contributed by atoms with Crippen molar-refractivity contribution in [3.05, 3.63) is 47.5 Å². The molecule has 0 unspecified atom stereocenters. The molecule has 0 bridgehead atoms. The van der Waals surface area contributed by atoms with Crippen molar-refractivity contribution in [2.24, 2.45) is 10.2 Å². The van der Waals surface area contributed by atoms with Gasteiger partial charge in [-0.25, -0.2) is 10.9 Å². The van der Waals surface area contributed by atoms with Crippen LogP contribution in [-0.2, 0) is 9.59 Å². The Hall–Kier alpha value is -3.82. The lowest BCUT2D eigenvalue weighted by Crippen LogP contribution is -2.19. The number of hydrogen-bond donors (Lipinski definition) is 4. The van der Waals surface area contributed by atoms with Crippen LogP contribution in [-0.4, -0.2) is 70.4 Å². The SMILES string of the molecule is COc1cc(/C=N/NC(=O)CSc2nnc(SCC(=O)N/N=C/c3ccc(O)c(OC)c3)s2)ccc1O. The van der Waals surface area contributed by atoms with Gasteiger partial charge in [-0.15, -0.1) is 10.2 Å². The van der Waals surface area contributed by atoms with Crippen LogP contribution in [0.5, 0.6) is 23.0 Å². The summed E-state index contributed by atoms with van der Waals surface area (Å²) in [5, 5.41) is 35.0. The average molecular weight is 563 g/mol. The van der Waals surface area contributed by atoms with Crippen LogP contribution >= 0.6 is 34.9 Å². The summed E-state index contributed by atoms with van der Waals surface area (Å²) in [6, 6.07) is 9.36. The van der Waals surface area contributed by atoms with Crippen LogP contribution in [0, 0.1) is 0 Å². The van der Waals surface area contributed by atoms with Gasteiger partial charge in [0.05, 0.1) is 38.2 Å². The quantitative estimate of drug-likeness (QED) is 0.146. The molecule has 0 saturated heterocycles. The standard InChI is InChI=1S/C22H22N6O6S3/c1-33-17-7-13(3-5-15(17)29)9-23-25-19(31)11-35-21-27-28-22(37-21)36-12-20(32)26-24-10-14-4-6-16(30)18(8-14)34-2/h3-10,29-30H,11-12H2,1-2H3,(H,25,31)(H,26,32)/b23-9+,24-10+. The van der Waals surface area contributed by atoms with Crippen LogP contribution in [0.4, 0.5) is 0 Å². The first-order valence-corrected chi connectivity index (χ1v) is 13.1. The topological polar surface area (TPSA) is 168 Å². The van der Waals surface area contributed by atoms with Gasteiger partial charge in [-0.2, -0.15) is 10.2 Å². The number of methoxy groups -OCH3 is 2. The number of nitrogens with zero attached hydrogens (tertiary/aromatic N) is 4. The molecule has 1 aromatic heterocycles. The molecule has 194 valence electrons. The average Bonchev–Trinajstić information content (AvgIpc) is 3.36. The Balaban J connectivity index is 1.37. The first kappa shape index (κ1) is 27.8. The number of amides is 2. The molecule has 4 N–H and O–H groups in total. The third kappa shape index (κ3) is 8.96. The summed E-state index contributed by atoms with van der Waals surface area (Å²) in [5.41, 5.74) is 6.11. The second-order valence-electron chi connectivity index (χ2n) is 6.86. The number of carbonyl (C=O) groups excluding carboxylic acids is 2. The predicted molar refractivity (Wildman–Crippen MR) is 142 cm³/mol. The van der Waals surface area contributed by atoms with Gasteiger partial charge in [0, 0.05) is 0 Å². The maximum Gasteiger partial charge on any atom is 0.250 e. The van der Waals surface area contributed by atoms with Gasteiger partial charge in [-0.05, 0) is 47.5 Å². The lowest BCUT2D eigenvalue weighted by Gasteiger charge is -2.03. The fourth-order valence-electron chi connectivity index (χ4n) is 2.54. The zero-order valence-corrected chi connectivity index (χ0v) is 22.0. The van der Waals surface area contributed by atoms with E-state index in [1.54, 1.807) is 24.3 Å². The molecule has 0 aliphatic rings. The Morgan fingerprint density at radius 1 is 0.865 bits per heavy atom. The zero-order chi connectivity index (χ0) is 26.6. The summed E-state index contributed by atoms with van der Waals surface area (Å²) in [6.07, 6.45) is 2.86. The van der Waals surface area contributed by atoms with Crippen LogP contribution in [0.1, 0.15) is 11.1 Å². The van der Waals surface area contributed by atoms with E-state index in [-0.39, 0.29) is 34.8 Å². The van der Waals surface area contributed by atoms with E-state index in [0.29, 0.717) is 31.3 Å². The summed E-state index contributed by atoms with van der Waals surface area (Å²) in [5.74, 6) is 0.109. The number of hydrogen-bond acceptors (Lipinski definition) is 13. The monoisotopic (exact) mass is 562 g/mol. The van der Waals surface area contributed by atoms with Gasteiger partial charge in [-0.1, -0.05) is 34.9 Å². The molecule has 0 fully saturated rings. The molecule has 0 radical (unpaired) electrons. The molecule has 12 nitrogen and oxygen atoms in total. The molecular weight excluding hydrogens is 540 g/mol. The van der Waals surface area contributed by atoms with Gasteiger partial charge < -0.3 is 19.7 Å². The van der Waals surface area contributed by atoms with E-state index in [1.165, 1.54) is 73.6 Å². The Morgan fingerprint density at radius 3 is 1.70 bits per heavy atom. The van der Waals surface area contributed by atoms with E-state index in [9.17, 15) is 19.8 Å². The van der Waals surface area contributed by atoms with Gasteiger partial charge in [-0.3, -0.25) is 9.59 Å². The van der Waals surface area contributed by atoms with Gasteiger partial charge >= 0.3 is 0 Å². The van der Waals surface area contributed by atoms with E-state index >= 15 is 0 Å². The molecule has 37 heavy (non-hydrogen) atoms. The summed E-state index contributed by atoms with van der Waals surface area (Å²) >= 11 is 3.65. The molecule has 2 amide bonds. The fraction of sp³-hybridized carbons (Fsp3) is 0.182. The number of thioether (sulfide) groups is 2. The molecule has 3 rings (SSSR count). The molecule has 1 heterocycles. The van der Waals surface area contributed by atoms with E-state index < -0.39 is 0 Å². The fourth-order valence-corrected chi connectivity index (χ4v) is 5.14. The summed E-state index contributed by atoms with van der Waals surface area (Å²) in [6.45, 7) is 0. The summed E-state index contributed by atoms with van der Waals surface area (Å²) < 4.78 is 11.2. The van der Waals surface area contributed by atoms with Crippen molar-refractivity contribution in [1.29, 1.82) is 0 Å². The number of phenolic OH excluding ortho intramolecular Hbond substituents is 2. The van der Waals surface area contributed by atoms with Crippen molar-refractivity contribution in [3.63, 3.8) is 0 Å². The lowest BCUT2D eigenvalue weighted by molar-refractivity contribution is -0.119. The van der Waals surface area contributed by atoms with Crippen molar-refractivity contribution in [3.8, 4) is 23.0 Å². The summed E-state index contributed by atoms with van der Waals surface area (Å²) in [7, 11) is 2.88. The maximum atomic E-state index is 12.0. The van der Waals surface area contributed by atoms with Gasteiger partial charge in [0.15, 0.2) is 31.7 Å². The number of rotatable bonds is 12. The molecule has 3 aromatic rings. The number of carbonyl (C=O) groups is 2. The third-order valence-electron chi connectivity index (χ3n) is 4.25. The third-order valence-corrected chi connectivity index (χ3v) is 7.44. The van der Waals surface area contributed by atoms with Gasteiger partial charge in [0.1, 0.15) is 0 Å². The number of aromatic nitrogens is 2. The Kier molecular flexibility index (Phi) is 10.5. The smallest absolute Gasteiger partial charge is 0.250 e. The number of nitrogens with one attached hydrogen (secondary N) is 2. The van der Waals surface area contributed by atoms with E-state index in [4.69, 9.17) is 9.47 Å². The molecular formula is C22H22N6O6S3. The minimum absolute atomic E-state index is 0.01000. The highest BCUT2D eigenvalue weighted by Crippen LogP contribution is 2.29. The molecule has 0 aliphatic heterocycles. The minimum atomic E-state index is -0.333. The van der Waals surface area contributed by atoms with E-state index in [2.05, 4.69) is 31.3 Å². The zero-order valence-electron chi connectivity index (χ0n) is 19.6. The van der Waals surface area contributed by atoms with E-state index in [0.717, 1.165) is 0 Å². The number of phenols is 2. The second-order valence-corrected chi connectivity index (χ2v) is 10.3. The van der Waals surface area contributed by atoms with Crippen LogP contribution in [0.3, 0.4) is 0 Å². The highest BCUT2D eigenvalue weighted by Gasteiger charge is 2.10. The van der Waals surface area contributed by atoms with Gasteiger partial charge in [0.25, 0.3) is 11.8 Å². The molecule has 0 saturated carbocycles. The van der Waals surface area contributed by atoms with Crippen molar-refractivity contribution in [2.45, 2.75) is 8.68 Å². The first-order chi connectivity index (χ1) is 17.9. The van der Waals surface area contributed by atoms with Crippen molar-refractivity contribution < 1.29 is 29.3 Å². The highest BCUT2D eigenvalue weighted by atomic mass is 32.2. The van der Waals surface area contributed by atoms with Crippen LogP contribution in [0.2, 0.25) is 0 Å². The highest BCUT2D eigenvalue weighted by molar-refractivity contribution is 8.03. The molecule has 0 aliphatic carbocycles. The minimum Gasteiger partial charge on any atom is -0.504 e. The molecule has 0 atom stereocenters. The molecule has 2 aromatic carbocycles. The van der Waals surface area contributed by atoms with Crippen LogP contribution in [0.15, 0.2) is 55.3 Å². The maximum absolute atomic E-state index is 12.0. The van der Waals surface area contributed by atoms with Crippen LogP contribution < -0.4 is 20.3 Å². The Morgan fingerprint density at radius 2 is 1.30 bits per heavy atom. The van der Waals surface area contributed by atoms with Crippen molar-refractivity contribution in [2.75, 3.05) is 25.7 Å². The second kappa shape index (κ2) is 14.1. The number of hydrazone groups is 2. The Labute approximate surface area is 224 Å². The van der Waals surface area contributed by atoms with Gasteiger partial charge in [0.2, 0.25) is 0 Å². The van der Waals surface area contributed by atoms with E-state index in [1.807, 2.05) is 0 Å². The molecule has 15 heteroatoms. The number of ether oxygens (including phenoxy) is 2. The number of aromatic hydroxyl groups is 2. The normalized spacial score (nSPS) is 11.1. The number of benzene rings is 2. The van der Waals surface area contributed by atoms with Crippen molar-refractivity contribution >= 4 is 59.1 Å². The summed E-state index contributed by atoms with van der Waals surface area (Å²) in [4.78, 5) is 24.0. The largest absolute Gasteiger partial charge is 0.504 e. The first-order valence-electron chi connectivity index (χ1n) is 10.3. The lowest BCUT2D eigenvalue weighted by atomic mass is 10.2. The predicted octanol–water partition coefficient (Wildman–Crippen LogP) is 2.45. The van der Waals surface area contributed by atoms with Crippen molar-refractivity contribution in [1.82, 2.24) is 21.0 Å². The van der Waals surface area contributed by atoms with Crippen LogP contribution in [0.25, 0.3) is 0 Å².